The predicted octanol–water partition coefficient (Wildman–Crippen LogP) is 4.09. The van der Waals surface area contributed by atoms with Gasteiger partial charge in [0.05, 0.1) is 0 Å². The van der Waals surface area contributed by atoms with Gasteiger partial charge in [-0.25, -0.2) is 0 Å². The van der Waals surface area contributed by atoms with Crippen LogP contribution in [0.2, 0.25) is 0 Å². The van der Waals surface area contributed by atoms with E-state index < -0.39 is 0 Å². The van der Waals surface area contributed by atoms with E-state index in [-0.39, 0.29) is 11.2 Å². The van der Waals surface area contributed by atoms with Gasteiger partial charge in [-0.3, -0.25) is 4.79 Å². The van der Waals surface area contributed by atoms with E-state index in [4.69, 9.17) is 5.73 Å². The summed E-state index contributed by atoms with van der Waals surface area (Å²) in [6.45, 7) is 5.99. The molecule has 0 heterocycles. The monoisotopic (exact) mass is 280 g/mol. The van der Waals surface area contributed by atoms with Crippen molar-refractivity contribution in [2.75, 3.05) is 11.1 Å². The van der Waals surface area contributed by atoms with E-state index in [1.54, 1.807) is 0 Å². The Bertz CT molecular complexity index is 732. The molecule has 108 valence electrons. The topological polar surface area (TPSA) is 55.1 Å². The lowest BCUT2D eigenvalue weighted by molar-refractivity contribution is 0.0863. The third-order valence-corrected chi connectivity index (χ3v) is 4.16. The van der Waals surface area contributed by atoms with E-state index in [0.29, 0.717) is 0 Å². The van der Waals surface area contributed by atoms with Crippen LogP contribution in [-0.4, -0.2) is 5.78 Å². The van der Waals surface area contributed by atoms with Crippen molar-refractivity contribution in [1.29, 1.82) is 0 Å². The summed E-state index contributed by atoms with van der Waals surface area (Å²) < 4.78 is 0. The molecule has 3 heteroatoms. The number of hydrogen-bond donors (Lipinski definition) is 2. The molecule has 3 N–H and O–H groups in total. The molecule has 1 aliphatic carbocycles. The summed E-state index contributed by atoms with van der Waals surface area (Å²) in [5, 5.41) is 3.35. The normalized spacial score (nSPS) is 15.9. The van der Waals surface area contributed by atoms with Gasteiger partial charge >= 0.3 is 0 Å². The minimum absolute atomic E-state index is 0.239. The van der Waals surface area contributed by atoms with Crippen molar-refractivity contribution in [3.63, 3.8) is 0 Å². The first-order chi connectivity index (χ1) is 9.87. The fraction of sp³-hybridized carbons (Fsp3) is 0.278. The second kappa shape index (κ2) is 4.62. The standard InChI is InChI=1S/C18H20N2O/c1-11-4-5-14(9-16(11)19)20-13-6-7-15-12(8-13)10-18(2,3)17(15)21/h4-9,20H,10,19H2,1-3H3. The molecule has 2 aromatic carbocycles. The van der Waals surface area contributed by atoms with Gasteiger partial charge in [0.15, 0.2) is 5.78 Å². The second-order valence-corrected chi connectivity index (χ2v) is 6.46. The molecule has 0 spiro atoms. The highest BCUT2D eigenvalue weighted by molar-refractivity contribution is 6.04. The number of nitrogen functional groups attached to an aromatic ring is 1. The average Bonchev–Trinajstić information content (AvgIpc) is 2.64. The Morgan fingerprint density at radius 3 is 2.48 bits per heavy atom. The molecule has 1 aliphatic rings. The van der Waals surface area contributed by atoms with Crippen molar-refractivity contribution >= 4 is 22.8 Å². The molecule has 0 atom stereocenters. The molecule has 0 saturated carbocycles. The third kappa shape index (κ3) is 2.40. The fourth-order valence-corrected chi connectivity index (χ4v) is 2.85. The Balaban J connectivity index is 1.89. The van der Waals surface area contributed by atoms with Crippen LogP contribution in [0, 0.1) is 12.3 Å². The third-order valence-electron chi connectivity index (χ3n) is 4.16. The molecule has 3 nitrogen and oxygen atoms in total. The number of nitrogens with one attached hydrogen (secondary N) is 1. The maximum Gasteiger partial charge on any atom is 0.169 e. The van der Waals surface area contributed by atoms with Crippen molar-refractivity contribution < 1.29 is 4.79 Å². The number of nitrogens with two attached hydrogens (primary N) is 1. The van der Waals surface area contributed by atoms with Crippen molar-refractivity contribution in [3.05, 3.63) is 53.1 Å². The molecule has 3 rings (SSSR count). The number of aryl methyl sites for hydroxylation is 1. The van der Waals surface area contributed by atoms with Crippen molar-refractivity contribution in [2.24, 2.45) is 5.41 Å². The van der Waals surface area contributed by atoms with Gasteiger partial charge in [0, 0.05) is 28.0 Å². The maximum atomic E-state index is 12.2. The van der Waals surface area contributed by atoms with Gasteiger partial charge in [0.25, 0.3) is 0 Å². The molecular weight excluding hydrogens is 260 g/mol. The summed E-state index contributed by atoms with van der Waals surface area (Å²) in [7, 11) is 0. The molecule has 0 fully saturated rings. The first-order valence-corrected chi connectivity index (χ1v) is 7.18. The molecule has 0 radical (unpaired) electrons. The number of carbonyl (C=O) groups excluding carboxylic acids is 1. The van der Waals surface area contributed by atoms with E-state index in [2.05, 4.69) is 11.4 Å². The zero-order valence-corrected chi connectivity index (χ0v) is 12.7. The van der Waals surface area contributed by atoms with E-state index in [1.807, 2.05) is 51.1 Å². The van der Waals surface area contributed by atoms with Crippen LogP contribution in [0.25, 0.3) is 0 Å². The largest absolute Gasteiger partial charge is 0.398 e. The first-order valence-electron chi connectivity index (χ1n) is 7.18. The summed E-state index contributed by atoms with van der Waals surface area (Å²) >= 11 is 0. The lowest BCUT2D eigenvalue weighted by Gasteiger charge is -2.13. The van der Waals surface area contributed by atoms with Gasteiger partial charge in [-0.1, -0.05) is 19.9 Å². The summed E-state index contributed by atoms with van der Waals surface area (Å²) in [5.74, 6) is 0.239. The van der Waals surface area contributed by atoms with Crippen LogP contribution in [0.4, 0.5) is 17.1 Å². The quantitative estimate of drug-likeness (QED) is 0.815. The van der Waals surface area contributed by atoms with Crippen molar-refractivity contribution in [1.82, 2.24) is 0 Å². The van der Waals surface area contributed by atoms with Crippen LogP contribution in [0.1, 0.15) is 35.3 Å². The number of rotatable bonds is 2. The number of hydrogen-bond acceptors (Lipinski definition) is 3. The lowest BCUT2D eigenvalue weighted by atomic mass is 9.89. The molecule has 0 unspecified atom stereocenters. The number of ketones is 1. The van der Waals surface area contributed by atoms with Crippen LogP contribution < -0.4 is 11.1 Å². The average molecular weight is 280 g/mol. The molecule has 0 amide bonds. The Morgan fingerprint density at radius 2 is 1.76 bits per heavy atom. The van der Waals surface area contributed by atoms with Gasteiger partial charge in [-0.05, 0) is 54.8 Å². The van der Waals surface area contributed by atoms with Crippen molar-refractivity contribution in [2.45, 2.75) is 27.2 Å². The second-order valence-electron chi connectivity index (χ2n) is 6.46. The summed E-state index contributed by atoms with van der Waals surface area (Å²) in [6.07, 6.45) is 0.798. The summed E-state index contributed by atoms with van der Waals surface area (Å²) in [6, 6.07) is 11.9. The van der Waals surface area contributed by atoms with E-state index >= 15 is 0 Å². The zero-order chi connectivity index (χ0) is 15.2. The van der Waals surface area contributed by atoms with Crippen LogP contribution in [-0.2, 0) is 6.42 Å². The highest BCUT2D eigenvalue weighted by atomic mass is 16.1. The number of fused-ring (bicyclic) bond motifs is 1. The summed E-state index contributed by atoms with van der Waals surface area (Å²) in [4.78, 5) is 12.2. The van der Waals surface area contributed by atoms with Crippen LogP contribution in [0.3, 0.4) is 0 Å². The van der Waals surface area contributed by atoms with Gasteiger partial charge in [0.1, 0.15) is 0 Å². The van der Waals surface area contributed by atoms with E-state index in [9.17, 15) is 4.79 Å². The predicted molar refractivity (Wildman–Crippen MR) is 87.1 cm³/mol. The van der Waals surface area contributed by atoms with Gasteiger partial charge in [-0.2, -0.15) is 0 Å². The summed E-state index contributed by atoms with van der Waals surface area (Å²) in [5.41, 5.74) is 11.4. The van der Waals surface area contributed by atoms with Gasteiger partial charge < -0.3 is 11.1 Å². The van der Waals surface area contributed by atoms with E-state index in [1.165, 1.54) is 0 Å². The van der Waals surface area contributed by atoms with Crippen LogP contribution in [0.5, 0.6) is 0 Å². The molecule has 0 bridgehead atoms. The number of Topliss-reactive ketones (excluding diaryl/α,β-unsaturated/α-hetero) is 1. The van der Waals surface area contributed by atoms with Gasteiger partial charge in [-0.15, -0.1) is 0 Å². The zero-order valence-electron chi connectivity index (χ0n) is 12.7. The Kier molecular flexibility index (Phi) is 3.01. The SMILES string of the molecule is Cc1ccc(Nc2ccc3c(c2)CC(C)(C)C3=O)cc1N. The molecule has 21 heavy (non-hydrogen) atoms. The number of carbonyl (C=O) groups is 1. The minimum atomic E-state index is -0.282. The Hall–Kier alpha value is -2.29. The highest BCUT2D eigenvalue weighted by Gasteiger charge is 2.37. The highest BCUT2D eigenvalue weighted by Crippen LogP contribution is 2.37. The van der Waals surface area contributed by atoms with Crippen LogP contribution in [0.15, 0.2) is 36.4 Å². The Morgan fingerprint density at radius 1 is 1.10 bits per heavy atom. The number of benzene rings is 2. The molecule has 2 aromatic rings. The lowest BCUT2D eigenvalue weighted by Crippen LogP contribution is -2.18. The minimum Gasteiger partial charge on any atom is -0.398 e. The van der Waals surface area contributed by atoms with Gasteiger partial charge in [0.2, 0.25) is 0 Å². The van der Waals surface area contributed by atoms with Crippen LogP contribution >= 0.6 is 0 Å². The van der Waals surface area contributed by atoms with E-state index in [0.717, 1.165) is 40.2 Å². The fourth-order valence-electron chi connectivity index (χ4n) is 2.85. The number of anilines is 3. The molecule has 0 saturated heterocycles. The molecule has 0 aromatic heterocycles. The molecular formula is C18H20N2O. The molecule has 0 aliphatic heterocycles. The first kappa shape index (κ1) is 13.7. The Labute approximate surface area is 125 Å². The maximum absolute atomic E-state index is 12.2. The van der Waals surface area contributed by atoms with Crippen molar-refractivity contribution in [3.8, 4) is 0 Å². The smallest absolute Gasteiger partial charge is 0.169 e.